The van der Waals surface area contributed by atoms with Crippen LogP contribution in [0.3, 0.4) is 0 Å². The fraction of sp³-hybridized carbons (Fsp3) is 0.138. The summed E-state index contributed by atoms with van der Waals surface area (Å²) in [5.74, 6) is -0.715. The Kier molecular flexibility index (Phi) is 15.9. The maximum atomic E-state index is 14.2. The van der Waals surface area contributed by atoms with Crippen molar-refractivity contribution in [2.75, 3.05) is 11.5 Å². The summed E-state index contributed by atoms with van der Waals surface area (Å²) >= 11 is 6.37. The Morgan fingerprint density at radius 1 is 0.622 bits per heavy atom. The van der Waals surface area contributed by atoms with Crippen LogP contribution in [-0.2, 0) is 13.1 Å². The number of aryl methyl sites for hydroxylation is 2. The molecule has 0 saturated heterocycles. The van der Waals surface area contributed by atoms with E-state index in [9.17, 15) is 19.2 Å². The number of hydrogen-bond donors (Lipinski definition) is 6. The summed E-state index contributed by atoms with van der Waals surface area (Å²) in [5, 5.41) is 42.6. The molecule has 12 rings (SSSR count). The van der Waals surface area contributed by atoms with E-state index in [1.54, 1.807) is 82.2 Å². The molecule has 0 bridgehead atoms. The van der Waals surface area contributed by atoms with Crippen LogP contribution < -0.4 is 38.7 Å². The van der Waals surface area contributed by atoms with Crippen molar-refractivity contribution in [2.24, 2.45) is 0 Å². The van der Waals surface area contributed by atoms with Crippen LogP contribution >= 0.6 is 11.6 Å². The van der Waals surface area contributed by atoms with E-state index in [-0.39, 0.29) is 33.9 Å². The number of benzene rings is 4. The number of halogens is 1. The summed E-state index contributed by atoms with van der Waals surface area (Å²) in [5.41, 5.74) is 17.4. The smallest absolute Gasteiger partial charge is 0.423 e. The molecule has 412 valence electrons. The Morgan fingerprint density at radius 3 is 1.57 bits per heavy atom. The van der Waals surface area contributed by atoms with Gasteiger partial charge < -0.3 is 32.1 Å². The predicted molar refractivity (Wildman–Crippen MR) is 315 cm³/mol. The molecule has 8 N–H and O–H groups in total. The molecule has 0 aliphatic heterocycles. The van der Waals surface area contributed by atoms with Gasteiger partial charge in [-0.15, -0.1) is 10.2 Å². The number of carbonyl (C=O) groups excluding carboxylic acids is 2. The molecule has 22 nitrogen and oxygen atoms in total. The highest BCUT2D eigenvalue weighted by molar-refractivity contribution is 6.58. The number of carbonyl (C=O) groups is 2. The van der Waals surface area contributed by atoms with Crippen molar-refractivity contribution >= 4 is 80.5 Å². The summed E-state index contributed by atoms with van der Waals surface area (Å²) in [7, 11) is -1.40. The standard InChI is InChI=1S/C29H26N8O2.C24H19ClN6O2.C5H9BN2O2/c1-3-35-17-20(16-32-35)22-12-7-9-19-15-23(37(29(39)24(19)22)21-10-5-4-6-11-21)18(2)33-28(38)25-26(30)34-36-14-8-13-31-27(25)36;1-14(28-23(32)20-21(26)29-30-12-6-11-27-22(20)30)18-13-15-7-5-10-17(25)19(15)24(33)31(18)16-8-3-2-4-9-16;1-2-8-4-5(3-7-8)6(9)10/h4-18H,3H2,1-2H3,(H2,30,34)(H,33,38);2-14H,1H3,(H2,26,29)(H,28,32);3-4,9-10H,2H2,1H3/t18-;14-;/m00./s1. The second-order valence-corrected chi connectivity index (χ2v) is 19.2. The van der Waals surface area contributed by atoms with Crippen molar-refractivity contribution in [3.63, 3.8) is 0 Å². The number of hydrogen-bond acceptors (Lipinski definition) is 14. The average Bonchev–Trinajstić information content (AvgIpc) is 4.44. The van der Waals surface area contributed by atoms with Crippen LogP contribution in [0, 0.1) is 0 Å². The molecule has 2 atom stereocenters. The second kappa shape index (κ2) is 23.6. The van der Waals surface area contributed by atoms with Gasteiger partial charge in [0.15, 0.2) is 22.9 Å². The molecule has 0 aliphatic rings. The number of rotatable bonds is 12. The number of pyridine rings is 2. The van der Waals surface area contributed by atoms with Crippen molar-refractivity contribution in [3.05, 3.63) is 219 Å². The van der Waals surface area contributed by atoms with E-state index in [2.05, 4.69) is 41.0 Å². The molecule has 8 aromatic heterocycles. The van der Waals surface area contributed by atoms with E-state index in [1.807, 2.05) is 129 Å². The normalized spacial score (nSPS) is 11.9. The number of nitrogens with one attached hydrogen (secondary N) is 2. The minimum atomic E-state index is -1.40. The molecule has 0 fully saturated rings. The Balaban J connectivity index is 0.000000159. The van der Waals surface area contributed by atoms with Crippen LogP contribution in [0.15, 0.2) is 180 Å². The predicted octanol–water partition coefficient (Wildman–Crippen LogP) is 6.33. The molecule has 0 aliphatic carbocycles. The Hall–Kier alpha value is -10.2. The highest BCUT2D eigenvalue weighted by Gasteiger charge is 2.26. The largest absolute Gasteiger partial charge is 0.491 e. The SMILES string of the molecule is CCn1cc(-c2cccc3cc([C@H](C)NC(=O)c4c(N)nn5cccnc45)n(-c4ccccc4)c(=O)c23)cn1.CCn1cc(B(O)O)cn1.C[C@H](NC(=O)c1c(N)nn2cccnc12)c1cc2cccc(Cl)c2c(=O)n1-c1ccccc1. The molecule has 0 radical (unpaired) electrons. The zero-order valence-electron chi connectivity index (χ0n) is 44.7. The topological polar surface area (TPSA) is 291 Å². The van der Waals surface area contributed by atoms with Crippen molar-refractivity contribution in [1.82, 2.24) is 68.5 Å². The van der Waals surface area contributed by atoms with Gasteiger partial charge in [-0.2, -0.15) is 10.2 Å². The third kappa shape index (κ3) is 10.9. The van der Waals surface area contributed by atoms with Crippen molar-refractivity contribution < 1.29 is 19.6 Å². The highest BCUT2D eigenvalue weighted by atomic mass is 35.5. The van der Waals surface area contributed by atoms with Crippen molar-refractivity contribution in [3.8, 4) is 22.5 Å². The third-order valence-electron chi connectivity index (χ3n) is 13.6. The quantitative estimate of drug-likeness (QED) is 0.0729. The Morgan fingerprint density at radius 2 is 1.10 bits per heavy atom. The van der Waals surface area contributed by atoms with Crippen LogP contribution in [-0.4, -0.2) is 86.9 Å². The molecule has 24 heteroatoms. The molecule has 0 unspecified atom stereocenters. The zero-order chi connectivity index (χ0) is 57.8. The van der Waals surface area contributed by atoms with Crippen LogP contribution in [0.25, 0.3) is 55.3 Å². The average molecular weight is 1120 g/mol. The summed E-state index contributed by atoms with van der Waals surface area (Å²) in [6, 6.07) is 35.8. The van der Waals surface area contributed by atoms with Crippen LogP contribution in [0.5, 0.6) is 0 Å². The van der Waals surface area contributed by atoms with Crippen molar-refractivity contribution in [1.29, 1.82) is 0 Å². The first-order valence-corrected chi connectivity index (χ1v) is 26.4. The molecule has 0 saturated carbocycles. The van der Waals surface area contributed by atoms with E-state index in [0.717, 1.165) is 29.6 Å². The third-order valence-corrected chi connectivity index (χ3v) is 13.9. The van der Waals surface area contributed by atoms with Crippen molar-refractivity contribution in [2.45, 2.75) is 52.9 Å². The summed E-state index contributed by atoms with van der Waals surface area (Å²) in [4.78, 5) is 62.9. The lowest BCUT2D eigenvalue weighted by molar-refractivity contribution is 0.0932. The van der Waals surface area contributed by atoms with Gasteiger partial charge in [0, 0.05) is 90.3 Å². The zero-order valence-corrected chi connectivity index (χ0v) is 45.5. The molecule has 8 heterocycles. The van der Waals surface area contributed by atoms with E-state index < -0.39 is 31.0 Å². The van der Waals surface area contributed by atoms with E-state index in [4.69, 9.17) is 33.1 Å². The molecular weight excluding hydrogens is 1060 g/mol. The number of anilines is 2. The number of fused-ring (bicyclic) bond motifs is 4. The molecule has 0 spiro atoms. The summed E-state index contributed by atoms with van der Waals surface area (Å²) in [6.45, 7) is 9.06. The van der Waals surface area contributed by atoms with E-state index in [1.165, 1.54) is 15.2 Å². The van der Waals surface area contributed by atoms with Gasteiger partial charge in [0.1, 0.15) is 11.1 Å². The summed E-state index contributed by atoms with van der Waals surface area (Å²) in [6.07, 6.45) is 13.2. The van der Waals surface area contributed by atoms with Crippen LogP contribution in [0.2, 0.25) is 5.02 Å². The number of nitrogens with zero attached hydrogens (tertiary/aromatic N) is 12. The minimum Gasteiger partial charge on any atom is -0.423 e. The molecule has 82 heavy (non-hydrogen) atoms. The lowest BCUT2D eigenvalue weighted by atomic mass is 9.83. The lowest BCUT2D eigenvalue weighted by Crippen LogP contribution is -2.32. The van der Waals surface area contributed by atoms with E-state index in [0.29, 0.717) is 60.7 Å². The minimum absolute atomic E-state index is 0.0733. The number of amides is 2. The first-order chi connectivity index (χ1) is 39.6. The molecule has 4 aromatic carbocycles. The maximum Gasteiger partial charge on any atom is 0.491 e. The fourth-order valence-electron chi connectivity index (χ4n) is 9.58. The highest BCUT2D eigenvalue weighted by Crippen LogP contribution is 2.31. The van der Waals surface area contributed by atoms with E-state index >= 15 is 0 Å². The Bertz CT molecular complexity index is 4440. The number of aromatic nitrogens is 12. The number of nitrogen functional groups attached to an aromatic ring is 2. The van der Waals surface area contributed by atoms with Gasteiger partial charge in [-0.1, -0.05) is 78.3 Å². The maximum absolute atomic E-state index is 14.2. The lowest BCUT2D eigenvalue weighted by Gasteiger charge is -2.21. The first kappa shape index (κ1) is 55.1. The van der Waals surface area contributed by atoms with Crippen LogP contribution in [0.1, 0.15) is 71.9 Å². The molecule has 2 amide bonds. The van der Waals surface area contributed by atoms with Gasteiger partial charge in [-0.3, -0.25) is 37.7 Å². The Labute approximate surface area is 472 Å². The van der Waals surface area contributed by atoms with Gasteiger partial charge in [0.05, 0.1) is 34.1 Å². The van der Waals surface area contributed by atoms with Gasteiger partial charge in [-0.25, -0.2) is 19.0 Å². The van der Waals surface area contributed by atoms with Gasteiger partial charge in [0.2, 0.25) is 0 Å². The second-order valence-electron chi connectivity index (χ2n) is 18.8. The fourth-order valence-corrected chi connectivity index (χ4v) is 9.84. The summed E-state index contributed by atoms with van der Waals surface area (Å²) < 4.78 is 9.60. The van der Waals surface area contributed by atoms with Gasteiger partial charge in [0.25, 0.3) is 22.9 Å². The number of para-hydroxylation sites is 2. The van der Waals surface area contributed by atoms with Gasteiger partial charge >= 0.3 is 7.12 Å². The first-order valence-electron chi connectivity index (χ1n) is 26.0. The molecule has 12 aromatic rings. The monoisotopic (exact) mass is 1120 g/mol. The molecular formula is C58H54BClN16O6. The van der Waals surface area contributed by atoms with Gasteiger partial charge in [-0.05, 0) is 98.6 Å². The van der Waals surface area contributed by atoms with Crippen LogP contribution in [0.4, 0.5) is 11.6 Å². The number of nitrogens with two attached hydrogens (primary N) is 2.